The zero-order chi connectivity index (χ0) is 15.2. The van der Waals surface area contributed by atoms with Gasteiger partial charge in [0.2, 0.25) is 0 Å². The van der Waals surface area contributed by atoms with Crippen molar-refractivity contribution >= 4 is 17.1 Å². The van der Waals surface area contributed by atoms with Gasteiger partial charge < -0.3 is 15.0 Å². The SMILES string of the molecule is CCN(CC)c1ccc(Nc2ccc(C)cc2OC)cc1. The Morgan fingerprint density at radius 3 is 2.24 bits per heavy atom. The molecule has 0 heterocycles. The van der Waals surface area contributed by atoms with Crippen LogP contribution in [0.2, 0.25) is 0 Å². The number of methoxy groups -OCH3 is 1. The van der Waals surface area contributed by atoms with Crippen LogP contribution in [0.15, 0.2) is 42.5 Å². The molecule has 0 aliphatic heterocycles. The number of anilines is 3. The number of ether oxygens (including phenoxy) is 1. The minimum absolute atomic E-state index is 0.864. The van der Waals surface area contributed by atoms with E-state index in [2.05, 4.69) is 61.3 Å². The van der Waals surface area contributed by atoms with Gasteiger partial charge in [-0.15, -0.1) is 0 Å². The highest BCUT2D eigenvalue weighted by atomic mass is 16.5. The van der Waals surface area contributed by atoms with Crippen molar-refractivity contribution in [2.75, 3.05) is 30.4 Å². The number of hydrogen-bond donors (Lipinski definition) is 1. The molecule has 0 saturated heterocycles. The summed E-state index contributed by atoms with van der Waals surface area (Å²) in [5, 5.41) is 3.41. The van der Waals surface area contributed by atoms with Crippen LogP contribution in [0, 0.1) is 6.92 Å². The Balaban J connectivity index is 2.17. The molecule has 0 spiro atoms. The van der Waals surface area contributed by atoms with Gasteiger partial charge in [0.15, 0.2) is 0 Å². The maximum atomic E-state index is 5.42. The lowest BCUT2D eigenvalue weighted by atomic mass is 10.2. The maximum Gasteiger partial charge on any atom is 0.142 e. The average molecular weight is 284 g/mol. The zero-order valence-electron chi connectivity index (χ0n) is 13.3. The van der Waals surface area contributed by atoms with Crippen LogP contribution in [0.5, 0.6) is 5.75 Å². The summed E-state index contributed by atoms with van der Waals surface area (Å²) < 4.78 is 5.42. The summed E-state index contributed by atoms with van der Waals surface area (Å²) in [7, 11) is 1.70. The van der Waals surface area contributed by atoms with Crippen molar-refractivity contribution in [2.45, 2.75) is 20.8 Å². The first-order chi connectivity index (χ1) is 10.2. The van der Waals surface area contributed by atoms with Crippen LogP contribution in [-0.4, -0.2) is 20.2 Å². The maximum absolute atomic E-state index is 5.42. The molecule has 0 aliphatic rings. The fourth-order valence-corrected chi connectivity index (χ4v) is 2.40. The molecule has 0 atom stereocenters. The van der Waals surface area contributed by atoms with Crippen LogP contribution < -0.4 is 15.0 Å². The van der Waals surface area contributed by atoms with Gasteiger partial charge in [-0.3, -0.25) is 0 Å². The first-order valence-corrected chi connectivity index (χ1v) is 7.44. The number of aryl methyl sites for hydroxylation is 1. The van der Waals surface area contributed by atoms with Crippen LogP contribution in [0.1, 0.15) is 19.4 Å². The number of hydrogen-bond acceptors (Lipinski definition) is 3. The van der Waals surface area contributed by atoms with Crippen LogP contribution in [-0.2, 0) is 0 Å². The highest BCUT2D eigenvalue weighted by molar-refractivity contribution is 5.68. The van der Waals surface area contributed by atoms with Crippen molar-refractivity contribution in [1.29, 1.82) is 0 Å². The molecule has 112 valence electrons. The average Bonchev–Trinajstić information content (AvgIpc) is 2.52. The molecule has 0 amide bonds. The Morgan fingerprint density at radius 1 is 1.00 bits per heavy atom. The third-order valence-electron chi connectivity index (χ3n) is 3.63. The van der Waals surface area contributed by atoms with E-state index in [0.29, 0.717) is 0 Å². The van der Waals surface area contributed by atoms with Crippen molar-refractivity contribution in [3.05, 3.63) is 48.0 Å². The van der Waals surface area contributed by atoms with E-state index < -0.39 is 0 Å². The van der Waals surface area contributed by atoms with E-state index in [4.69, 9.17) is 4.74 Å². The Kier molecular flexibility index (Phi) is 5.09. The van der Waals surface area contributed by atoms with Crippen molar-refractivity contribution in [1.82, 2.24) is 0 Å². The minimum atomic E-state index is 0.864. The van der Waals surface area contributed by atoms with Gasteiger partial charge in [0.05, 0.1) is 12.8 Å². The Hall–Kier alpha value is -2.16. The van der Waals surface area contributed by atoms with Crippen molar-refractivity contribution in [3.8, 4) is 5.75 Å². The molecular weight excluding hydrogens is 260 g/mol. The van der Waals surface area contributed by atoms with Gasteiger partial charge in [0.1, 0.15) is 5.75 Å². The molecule has 2 aromatic rings. The third kappa shape index (κ3) is 3.69. The lowest BCUT2D eigenvalue weighted by molar-refractivity contribution is 0.416. The smallest absolute Gasteiger partial charge is 0.142 e. The largest absolute Gasteiger partial charge is 0.495 e. The van der Waals surface area contributed by atoms with Gasteiger partial charge in [0, 0.05) is 24.5 Å². The summed E-state index contributed by atoms with van der Waals surface area (Å²) in [6, 6.07) is 14.7. The summed E-state index contributed by atoms with van der Waals surface area (Å²) in [4.78, 5) is 2.33. The van der Waals surface area contributed by atoms with E-state index in [1.165, 1.54) is 11.3 Å². The molecule has 2 rings (SSSR count). The molecular formula is C18H24N2O. The van der Waals surface area contributed by atoms with Crippen LogP contribution >= 0.6 is 0 Å². The van der Waals surface area contributed by atoms with E-state index in [-0.39, 0.29) is 0 Å². The second-order valence-electron chi connectivity index (χ2n) is 5.05. The van der Waals surface area contributed by atoms with Crippen molar-refractivity contribution in [3.63, 3.8) is 0 Å². The summed E-state index contributed by atoms with van der Waals surface area (Å²) in [5.74, 6) is 0.864. The molecule has 21 heavy (non-hydrogen) atoms. The molecule has 1 N–H and O–H groups in total. The molecule has 0 saturated carbocycles. The Bertz CT molecular complexity index is 574. The molecule has 2 aromatic carbocycles. The van der Waals surface area contributed by atoms with E-state index in [9.17, 15) is 0 Å². The molecule has 3 heteroatoms. The molecule has 0 bridgehead atoms. The van der Waals surface area contributed by atoms with Crippen LogP contribution in [0.4, 0.5) is 17.1 Å². The Morgan fingerprint density at radius 2 is 1.67 bits per heavy atom. The van der Waals surface area contributed by atoms with Crippen molar-refractivity contribution in [2.24, 2.45) is 0 Å². The van der Waals surface area contributed by atoms with Gasteiger partial charge in [-0.05, 0) is 62.7 Å². The summed E-state index contributed by atoms with van der Waals surface area (Å²) >= 11 is 0. The van der Waals surface area contributed by atoms with Crippen LogP contribution in [0.3, 0.4) is 0 Å². The molecule has 0 aliphatic carbocycles. The molecule has 3 nitrogen and oxygen atoms in total. The van der Waals surface area contributed by atoms with E-state index in [1.807, 2.05) is 12.1 Å². The number of benzene rings is 2. The Labute approximate surface area is 127 Å². The fraction of sp³-hybridized carbons (Fsp3) is 0.333. The topological polar surface area (TPSA) is 24.5 Å². The number of rotatable bonds is 6. The monoisotopic (exact) mass is 284 g/mol. The van der Waals surface area contributed by atoms with Crippen LogP contribution in [0.25, 0.3) is 0 Å². The predicted molar refractivity (Wildman–Crippen MR) is 91.0 cm³/mol. The van der Waals surface area contributed by atoms with Gasteiger partial charge in [-0.1, -0.05) is 6.07 Å². The summed E-state index contributed by atoms with van der Waals surface area (Å²) in [5.41, 5.74) is 4.49. The van der Waals surface area contributed by atoms with Gasteiger partial charge >= 0.3 is 0 Å². The second-order valence-corrected chi connectivity index (χ2v) is 5.05. The number of nitrogens with one attached hydrogen (secondary N) is 1. The molecule has 0 radical (unpaired) electrons. The normalized spacial score (nSPS) is 10.3. The van der Waals surface area contributed by atoms with E-state index in [1.54, 1.807) is 7.11 Å². The predicted octanol–water partition coefficient (Wildman–Crippen LogP) is 4.59. The first kappa shape index (κ1) is 15.2. The van der Waals surface area contributed by atoms with E-state index >= 15 is 0 Å². The highest BCUT2D eigenvalue weighted by Crippen LogP contribution is 2.29. The lowest BCUT2D eigenvalue weighted by Crippen LogP contribution is -2.21. The minimum Gasteiger partial charge on any atom is -0.495 e. The van der Waals surface area contributed by atoms with Gasteiger partial charge in [-0.25, -0.2) is 0 Å². The van der Waals surface area contributed by atoms with Gasteiger partial charge in [-0.2, -0.15) is 0 Å². The van der Waals surface area contributed by atoms with Crippen molar-refractivity contribution < 1.29 is 4.74 Å². The second kappa shape index (κ2) is 7.02. The molecule has 0 unspecified atom stereocenters. The summed E-state index contributed by atoms with van der Waals surface area (Å²) in [6.07, 6.45) is 0. The lowest BCUT2D eigenvalue weighted by Gasteiger charge is -2.21. The fourth-order valence-electron chi connectivity index (χ4n) is 2.40. The zero-order valence-corrected chi connectivity index (χ0v) is 13.3. The van der Waals surface area contributed by atoms with E-state index in [0.717, 1.165) is 30.2 Å². The number of nitrogens with zero attached hydrogens (tertiary/aromatic N) is 1. The summed E-state index contributed by atoms with van der Waals surface area (Å²) in [6.45, 7) is 8.45. The third-order valence-corrected chi connectivity index (χ3v) is 3.63. The quantitative estimate of drug-likeness (QED) is 0.839. The molecule has 0 aromatic heterocycles. The highest BCUT2D eigenvalue weighted by Gasteiger charge is 2.05. The van der Waals surface area contributed by atoms with Gasteiger partial charge in [0.25, 0.3) is 0 Å². The standard InChI is InChI=1S/C18H24N2O/c1-5-20(6-2)16-10-8-15(9-11-16)19-17-12-7-14(3)13-18(17)21-4/h7-13,19H,5-6H2,1-4H3. The molecule has 0 fully saturated rings. The first-order valence-electron chi connectivity index (χ1n) is 7.44.